The maximum Gasteiger partial charge on any atom is 0.152 e. The van der Waals surface area contributed by atoms with Crippen LogP contribution in [-0.4, -0.2) is 13.6 Å². The predicted molar refractivity (Wildman–Crippen MR) is 13.3 cm³/mol. The third-order valence-electron chi connectivity index (χ3n) is 0. The van der Waals surface area contributed by atoms with Crippen LogP contribution in [0.4, 0.5) is 0 Å². The molecule has 0 unspecified atom stereocenters. The summed E-state index contributed by atoms with van der Waals surface area (Å²) in [4.78, 5) is 8.11. The second-order valence-electron chi connectivity index (χ2n) is 0.0816. The Labute approximate surface area is 46.1 Å². The van der Waals surface area contributed by atoms with Gasteiger partial charge in [-0.2, -0.15) is 0 Å². The Bertz CT molecular complexity index is 17.1. The van der Waals surface area contributed by atoms with Crippen LogP contribution in [-0.2, 0) is 21.7 Å². The minimum Gasteiger partial charge on any atom is -0.379 e. The van der Waals surface area contributed by atoms with Crippen LogP contribution in [0.3, 0.4) is 0 Å². The number of rotatable bonds is 0. The van der Waals surface area contributed by atoms with Gasteiger partial charge in [0.15, 0.2) is 5.34 Å². The summed E-state index contributed by atoms with van der Waals surface area (Å²) in [6, 6.07) is 0. The molecule has 0 amide bonds. The fourth-order valence-electron chi connectivity index (χ4n) is 0. The minimum atomic E-state index is 0. The van der Waals surface area contributed by atoms with Crippen LogP contribution in [0.25, 0.3) is 0 Å². The Morgan fingerprint density at radius 3 is 1.60 bits per heavy atom. The van der Waals surface area contributed by atoms with Crippen LogP contribution >= 0.6 is 0 Å². The summed E-state index contributed by atoms with van der Waals surface area (Å²) >= 11 is 0. The molecule has 0 rings (SSSR count). The zero-order chi connectivity index (χ0) is 2.71. The molecule has 3 nitrogen and oxygen atoms in total. The van der Waals surface area contributed by atoms with Crippen molar-refractivity contribution in [3.05, 3.63) is 4.91 Å². The van der Waals surface area contributed by atoms with E-state index in [4.69, 9.17) is 10.1 Å². The van der Waals surface area contributed by atoms with Gasteiger partial charge in [0.25, 0.3) is 0 Å². The maximum absolute atomic E-state index is 8.11. The van der Waals surface area contributed by atoms with E-state index in [1.54, 1.807) is 0 Å². The van der Waals surface area contributed by atoms with Gasteiger partial charge in [0, 0.05) is 30.1 Å². The summed E-state index contributed by atoms with van der Waals surface area (Å²) in [5.41, 5.74) is 0. The molecular formula is HBNO2Ti. The van der Waals surface area contributed by atoms with Gasteiger partial charge >= 0.3 is 0 Å². The zero-order valence-electron chi connectivity index (χ0n) is 2.38. The third kappa shape index (κ3) is 618. The van der Waals surface area contributed by atoms with Gasteiger partial charge in [-0.25, -0.2) is 0 Å². The second-order valence-corrected chi connectivity index (χ2v) is 0.0816. The maximum atomic E-state index is 8.11. The van der Waals surface area contributed by atoms with E-state index in [1.807, 2.05) is 0 Å². The Morgan fingerprint density at radius 1 is 1.60 bits per heavy atom. The quantitative estimate of drug-likeness (QED) is 0.263. The zero-order valence-corrected chi connectivity index (χ0v) is 3.94. The molecule has 25 valence electrons. The molecule has 0 bridgehead atoms. The molecule has 0 atom stereocenters. The van der Waals surface area contributed by atoms with Gasteiger partial charge in [0.2, 0.25) is 0 Å². The molecule has 1 N–H and O–H groups in total. The largest absolute Gasteiger partial charge is 0.379 e. The van der Waals surface area contributed by atoms with Gasteiger partial charge in [0.1, 0.15) is 0 Å². The first kappa shape index (κ1) is 19.0. The van der Waals surface area contributed by atoms with E-state index in [-0.39, 0.29) is 30.1 Å². The van der Waals surface area contributed by atoms with Gasteiger partial charge in [-0.3, -0.25) is 0 Å². The number of hydrogen-bond donors (Lipinski definition) is 1. The first-order chi connectivity index (χ1) is 1.41. The van der Waals surface area contributed by atoms with Crippen molar-refractivity contribution in [3.8, 4) is 0 Å². The van der Waals surface area contributed by atoms with E-state index in [9.17, 15) is 0 Å². The van der Waals surface area contributed by atoms with Crippen LogP contribution in [0.2, 0.25) is 0 Å². The standard InChI is InChI=1S/B.HNO2.Ti/c;2-1-3;/h;(H,2,3);. The normalized spacial score (nSPS) is 2.40. The van der Waals surface area contributed by atoms with Crippen molar-refractivity contribution >= 4 is 8.41 Å². The molecule has 0 heterocycles. The van der Waals surface area contributed by atoms with Crippen LogP contribution in [0.1, 0.15) is 0 Å². The summed E-state index contributed by atoms with van der Waals surface area (Å²) < 4.78 is 0. The molecule has 0 aromatic heterocycles. The third-order valence-corrected chi connectivity index (χ3v) is 0. The Balaban J connectivity index is -0.0000000200. The van der Waals surface area contributed by atoms with E-state index in [0.29, 0.717) is 0 Å². The number of nitrogens with zero attached hydrogens (tertiary/aromatic N) is 1. The molecule has 0 aliphatic rings. The molecular weight excluding hydrogens is 105 g/mol. The summed E-state index contributed by atoms with van der Waals surface area (Å²) in [5, 5.41) is 7.89. The van der Waals surface area contributed by atoms with Crippen LogP contribution in [0, 0.1) is 4.91 Å². The van der Waals surface area contributed by atoms with Gasteiger partial charge in [0.05, 0.1) is 0 Å². The van der Waals surface area contributed by atoms with E-state index in [2.05, 4.69) is 0 Å². The van der Waals surface area contributed by atoms with Gasteiger partial charge in [-0.15, -0.1) is 4.91 Å². The van der Waals surface area contributed by atoms with E-state index in [1.165, 1.54) is 5.34 Å². The molecule has 0 spiro atoms. The van der Waals surface area contributed by atoms with Crippen molar-refractivity contribution in [2.45, 2.75) is 0 Å². The van der Waals surface area contributed by atoms with Crippen molar-refractivity contribution in [2.24, 2.45) is 5.34 Å². The fourth-order valence-corrected chi connectivity index (χ4v) is 0. The molecule has 0 aromatic carbocycles. The molecule has 0 saturated heterocycles. The van der Waals surface area contributed by atoms with Crippen molar-refractivity contribution in [1.82, 2.24) is 0 Å². The monoisotopic (exact) mass is 106 g/mol. The molecule has 0 saturated carbocycles. The number of hydrogen-bond acceptors (Lipinski definition) is 2. The molecule has 0 aromatic rings. The summed E-state index contributed by atoms with van der Waals surface area (Å²) in [6.45, 7) is 0. The van der Waals surface area contributed by atoms with Crippen LogP contribution in [0.15, 0.2) is 5.34 Å². The Kier molecular flexibility index (Phi) is 116. The van der Waals surface area contributed by atoms with E-state index < -0.39 is 0 Å². The molecule has 0 aliphatic carbocycles. The van der Waals surface area contributed by atoms with Crippen molar-refractivity contribution in [2.75, 3.05) is 0 Å². The summed E-state index contributed by atoms with van der Waals surface area (Å²) in [5.74, 6) is 0. The van der Waals surface area contributed by atoms with Gasteiger partial charge in [-0.1, -0.05) is 0 Å². The first-order valence-corrected chi connectivity index (χ1v) is 0.383. The van der Waals surface area contributed by atoms with Crippen molar-refractivity contribution in [3.63, 3.8) is 0 Å². The first-order valence-electron chi connectivity index (χ1n) is 0.383. The topological polar surface area (TPSA) is 49.7 Å². The van der Waals surface area contributed by atoms with Crippen LogP contribution in [0.5, 0.6) is 0 Å². The van der Waals surface area contributed by atoms with Crippen molar-refractivity contribution in [1.29, 1.82) is 0 Å². The van der Waals surface area contributed by atoms with Crippen LogP contribution < -0.4 is 0 Å². The van der Waals surface area contributed by atoms with Crippen molar-refractivity contribution < 1.29 is 26.9 Å². The predicted octanol–water partition coefficient (Wildman–Crippen LogP) is -0.241. The molecule has 0 aliphatic heterocycles. The van der Waals surface area contributed by atoms with Gasteiger partial charge in [-0.05, 0) is 0 Å². The fraction of sp³-hybridized carbons (Fsp3) is 0. The average Bonchev–Trinajstić information content (AvgIpc) is 0.918. The Hall–Kier alpha value is 0.179. The smallest absolute Gasteiger partial charge is 0.152 e. The molecule has 5 heteroatoms. The SMILES string of the molecule is O=NO.[B].[Ti]. The Morgan fingerprint density at radius 2 is 1.60 bits per heavy atom. The van der Waals surface area contributed by atoms with E-state index in [0.717, 1.165) is 0 Å². The summed E-state index contributed by atoms with van der Waals surface area (Å²) in [6.07, 6.45) is 0. The molecule has 5 heavy (non-hydrogen) atoms. The second kappa shape index (κ2) is 30.4. The summed E-state index contributed by atoms with van der Waals surface area (Å²) in [7, 11) is 0. The average molecular weight is 106 g/mol. The molecule has 3 radical (unpaired) electrons. The molecule has 0 fully saturated rings. The minimum absolute atomic E-state index is 0. The van der Waals surface area contributed by atoms with Gasteiger partial charge < -0.3 is 5.21 Å². The van der Waals surface area contributed by atoms with E-state index >= 15 is 0 Å².